The van der Waals surface area contributed by atoms with Crippen LogP contribution < -0.4 is 21.3 Å². The zero-order valence-electron chi connectivity index (χ0n) is 26.6. The predicted molar refractivity (Wildman–Crippen MR) is 167 cm³/mol. The summed E-state index contributed by atoms with van der Waals surface area (Å²) < 4.78 is 14.4. The van der Waals surface area contributed by atoms with E-state index in [2.05, 4.69) is 43.4 Å². The lowest BCUT2D eigenvalue weighted by Crippen LogP contribution is -2.60. The van der Waals surface area contributed by atoms with E-state index in [1.807, 2.05) is 6.07 Å². The molecule has 0 aromatic heterocycles. The topological polar surface area (TPSA) is 216 Å². The molecule has 16 heteroatoms. The van der Waals surface area contributed by atoms with E-state index in [0.29, 0.717) is 6.42 Å². The van der Waals surface area contributed by atoms with Gasteiger partial charge in [-0.05, 0) is 24.8 Å². The maximum atomic E-state index is 13.4. The van der Waals surface area contributed by atoms with E-state index in [9.17, 15) is 38.7 Å². The Kier molecular flexibility index (Phi) is 18.0. The highest BCUT2D eigenvalue weighted by Crippen LogP contribution is 2.11. The average Bonchev–Trinajstić information content (AvgIpc) is 3.05. The molecule has 1 aromatic carbocycles. The van der Waals surface area contributed by atoms with E-state index >= 15 is 0 Å². The fourth-order valence-corrected chi connectivity index (χ4v) is 4.23. The molecule has 4 amide bonds. The van der Waals surface area contributed by atoms with Crippen molar-refractivity contribution in [1.82, 2.24) is 21.3 Å². The molecule has 15 nitrogen and oxygen atoms in total. The Bertz CT molecular complexity index is 1200. The van der Waals surface area contributed by atoms with E-state index in [-0.39, 0.29) is 25.2 Å². The number of rotatable bonds is 19. The first-order valence-corrected chi connectivity index (χ1v) is 15.2. The number of carbonyl (C=O) groups excluding carboxylic acids is 7. The fourth-order valence-electron chi connectivity index (χ4n) is 4.01. The van der Waals surface area contributed by atoms with Gasteiger partial charge in [-0.25, -0.2) is 4.79 Å². The number of esters is 2. The number of hydrogen-bond acceptors (Lipinski definition) is 12. The number of hydrogen-bond donors (Lipinski definition) is 6. The molecule has 0 aliphatic heterocycles. The Morgan fingerprint density at radius 3 is 1.93 bits per heavy atom. The molecule has 0 aliphatic carbocycles. The van der Waals surface area contributed by atoms with E-state index in [1.54, 1.807) is 38.1 Å². The number of thiol groups is 1. The Morgan fingerprint density at radius 2 is 1.39 bits per heavy atom. The molecule has 46 heavy (non-hydrogen) atoms. The van der Waals surface area contributed by atoms with Crippen molar-refractivity contribution in [1.29, 1.82) is 0 Å². The highest BCUT2D eigenvalue weighted by atomic mass is 32.1. The first kappa shape index (κ1) is 39.8. The summed E-state index contributed by atoms with van der Waals surface area (Å²) in [5.74, 6) is -5.57. The molecule has 1 rings (SSSR count). The van der Waals surface area contributed by atoms with Crippen molar-refractivity contribution >= 4 is 54.2 Å². The Labute approximate surface area is 273 Å². The van der Waals surface area contributed by atoms with E-state index in [4.69, 9.17) is 4.74 Å². The summed E-state index contributed by atoms with van der Waals surface area (Å²) in [4.78, 5) is 88.4. The zero-order chi connectivity index (χ0) is 34.8. The van der Waals surface area contributed by atoms with Crippen LogP contribution in [0.5, 0.6) is 0 Å². The maximum Gasteiger partial charge on any atom is 0.408 e. The van der Waals surface area contributed by atoms with Gasteiger partial charge in [0.25, 0.3) is 0 Å². The minimum Gasteiger partial charge on any atom is -0.469 e. The van der Waals surface area contributed by atoms with E-state index in [1.165, 1.54) is 6.92 Å². The molecule has 5 N–H and O–H groups in total. The Hall–Kier alpha value is -4.18. The predicted octanol–water partition coefficient (Wildman–Crippen LogP) is 0.178. The summed E-state index contributed by atoms with van der Waals surface area (Å²) in [5.41, 5.74) is 0.727. The SMILES string of the molecule is CC[C@H](C)[C@H](NC(=O)OCc1ccccc1)C(=O)N[C@@H](CCC(=O)OC)C(=O)N[C@H](C(=O)N[C@@H](CC(=O)OC)C(=O)CS)[C@@H](C)O. The number of aliphatic hydroxyl groups is 1. The van der Waals surface area contributed by atoms with Gasteiger partial charge in [-0.15, -0.1) is 0 Å². The molecular formula is C30H44N4O11S. The van der Waals surface area contributed by atoms with Crippen molar-refractivity contribution in [2.45, 2.75) is 83.3 Å². The number of alkyl carbamates (subject to hydrolysis) is 1. The molecule has 6 atom stereocenters. The first-order chi connectivity index (χ1) is 21.8. The highest BCUT2D eigenvalue weighted by molar-refractivity contribution is 7.81. The van der Waals surface area contributed by atoms with Crippen molar-refractivity contribution in [3.8, 4) is 0 Å². The number of nitrogens with one attached hydrogen (secondary N) is 4. The smallest absolute Gasteiger partial charge is 0.408 e. The summed E-state index contributed by atoms with van der Waals surface area (Å²) in [6, 6.07) is 3.30. The quantitative estimate of drug-likeness (QED) is 0.0664. The van der Waals surface area contributed by atoms with Crippen LogP contribution in [0.15, 0.2) is 30.3 Å². The Balaban J connectivity index is 3.14. The molecule has 0 aliphatic rings. The van der Waals surface area contributed by atoms with Crippen molar-refractivity contribution in [2.75, 3.05) is 20.0 Å². The molecule has 0 fully saturated rings. The highest BCUT2D eigenvalue weighted by Gasteiger charge is 2.35. The molecule has 0 saturated carbocycles. The molecule has 0 heterocycles. The number of ketones is 1. The second-order valence-electron chi connectivity index (χ2n) is 10.4. The van der Waals surface area contributed by atoms with Gasteiger partial charge in [0.2, 0.25) is 17.7 Å². The van der Waals surface area contributed by atoms with Crippen LogP contribution in [0.3, 0.4) is 0 Å². The second-order valence-corrected chi connectivity index (χ2v) is 10.8. The largest absolute Gasteiger partial charge is 0.469 e. The lowest BCUT2D eigenvalue weighted by Gasteiger charge is -2.28. The lowest BCUT2D eigenvalue weighted by atomic mass is 9.97. The van der Waals surface area contributed by atoms with Gasteiger partial charge < -0.3 is 40.6 Å². The van der Waals surface area contributed by atoms with Crippen LogP contribution in [0.2, 0.25) is 0 Å². The van der Waals surface area contributed by atoms with Crippen molar-refractivity contribution in [3.63, 3.8) is 0 Å². The molecule has 1 aromatic rings. The van der Waals surface area contributed by atoms with Crippen LogP contribution in [0.1, 0.15) is 52.0 Å². The third-order valence-electron chi connectivity index (χ3n) is 7.00. The average molecular weight is 669 g/mol. The van der Waals surface area contributed by atoms with Gasteiger partial charge in [0.05, 0.1) is 38.5 Å². The number of methoxy groups -OCH3 is 2. The first-order valence-electron chi connectivity index (χ1n) is 14.6. The minimum absolute atomic E-state index is 0.0471. The van der Waals surface area contributed by atoms with Gasteiger partial charge >= 0.3 is 18.0 Å². The van der Waals surface area contributed by atoms with Crippen LogP contribution in [0.25, 0.3) is 0 Å². The number of aliphatic hydroxyl groups excluding tert-OH is 1. The third kappa shape index (κ3) is 13.9. The normalized spacial score (nSPS) is 14.6. The van der Waals surface area contributed by atoms with Gasteiger partial charge in [-0.3, -0.25) is 28.8 Å². The van der Waals surface area contributed by atoms with Crippen molar-refractivity contribution in [3.05, 3.63) is 35.9 Å². The monoisotopic (exact) mass is 668 g/mol. The van der Waals surface area contributed by atoms with Crippen LogP contribution >= 0.6 is 12.6 Å². The van der Waals surface area contributed by atoms with Crippen LogP contribution in [-0.4, -0.2) is 96.9 Å². The van der Waals surface area contributed by atoms with Crippen molar-refractivity contribution in [2.24, 2.45) is 5.92 Å². The molecule has 0 unspecified atom stereocenters. The summed E-state index contributed by atoms with van der Waals surface area (Å²) in [6.45, 7) is 4.65. The summed E-state index contributed by atoms with van der Waals surface area (Å²) in [5, 5.41) is 20.0. The molecule has 0 radical (unpaired) electrons. The van der Waals surface area contributed by atoms with Gasteiger partial charge in [0, 0.05) is 6.42 Å². The summed E-state index contributed by atoms with van der Waals surface area (Å²) in [7, 11) is 2.24. The van der Waals surface area contributed by atoms with Gasteiger partial charge in [-0.2, -0.15) is 12.6 Å². The molecule has 0 saturated heterocycles. The summed E-state index contributed by atoms with van der Waals surface area (Å²) >= 11 is 3.89. The number of benzene rings is 1. The molecule has 0 spiro atoms. The van der Waals surface area contributed by atoms with Crippen LogP contribution in [0, 0.1) is 5.92 Å². The lowest BCUT2D eigenvalue weighted by molar-refractivity contribution is -0.144. The van der Waals surface area contributed by atoms with Crippen LogP contribution in [0.4, 0.5) is 4.79 Å². The van der Waals surface area contributed by atoms with E-state index < -0.39 is 84.1 Å². The number of ether oxygens (including phenoxy) is 3. The third-order valence-corrected chi connectivity index (χ3v) is 7.31. The standard InChI is InChI=1S/C30H44N4O11S/c1-6-17(2)25(34-30(42)45-15-19-10-8-7-9-11-19)28(40)31-20(12-13-23(37)43-4)27(39)33-26(18(3)35)29(41)32-21(22(36)16-46)14-24(38)44-5/h7-11,17-18,20-21,25-26,35,46H,6,12-16H2,1-5H3,(H,31,40)(H,32,41)(H,33,39)(H,34,42)/t17-,18+,20-,21-,25-,26-/m0/s1. The number of carbonyl (C=O) groups is 7. The maximum absolute atomic E-state index is 13.4. The second kappa shape index (κ2) is 20.8. The summed E-state index contributed by atoms with van der Waals surface area (Å²) in [6.07, 6.45) is -3.01. The molecular weight excluding hydrogens is 624 g/mol. The minimum atomic E-state index is -1.64. The number of amides is 4. The molecule has 256 valence electrons. The Morgan fingerprint density at radius 1 is 0.804 bits per heavy atom. The fraction of sp³-hybridized carbons (Fsp3) is 0.567. The number of Topliss-reactive ketones (excluding diaryl/α,β-unsaturated/α-hetero) is 1. The van der Waals surface area contributed by atoms with Gasteiger partial charge in [0.1, 0.15) is 24.7 Å². The zero-order valence-corrected chi connectivity index (χ0v) is 27.5. The van der Waals surface area contributed by atoms with Crippen LogP contribution in [-0.2, 0) is 49.6 Å². The van der Waals surface area contributed by atoms with E-state index in [0.717, 1.165) is 19.8 Å². The van der Waals surface area contributed by atoms with Crippen molar-refractivity contribution < 1.29 is 52.9 Å². The van der Waals surface area contributed by atoms with Gasteiger partial charge in [-0.1, -0.05) is 50.6 Å². The molecule has 0 bridgehead atoms. The van der Waals surface area contributed by atoms with Gasteiger partial charge in [0.15, 0.2) is 5.78 Å².